The Morgan fingerprint density at radius 3 is 2.58 bits per heavy atom. The van der Waals surface area contributed by atoms with Crippen molar-refractivity contribution in [2.75, 3.05) is 18.0 Å². The standard InChI is InChI=1S/C19H19ClN2O2/c1-13-6-5-7-15(12-13)22-11-10-21(14(2)18(22)23)19(24)16-8-3-4-9-17(16)20/h3-9,12,14H,10-11H2,1-2H3/t14-/m1/s1. The Kier molecular flexibility index (Phi) is 4.58. The van der Waals surface area contributed by atoms with Crippen LogP contribution in [0.4, 0.5) is 5.69 Å². The molecule has 124 valence electrons. The van der Waals surface area contributed by atoms with Gasteiger partial charge in [0.1, 0.15) is 6.04 Å². The lowest BCUT2D eigenvalue weighted by atomic mass is 10.1. The molecule has 24 heavy (non-hydrogen) atoms. The number of amides is 2. The average Bonchev–Trinajstić information content (AvgIpc) is 2.57. The molecule has 5 heteroatoms. The molecule has 2 aromatic rings. The molecule has 3 rings (SSSR count). The van der Waals surface area contributed by atoms with Crippen molar-refractivity contribution in [2.24, 2.45) is 0 Å². The molecule has 1 aliphatic heterocycles. The molecule has 4 nitrogen and oxygen atoms in total. The molecule has 0 spiro atoms. The van der Waals surface area contributed by atoms with Gasteiger partial charge in [-0.25, -0.2) is 0 Å². The Morgan fingerprint density at radius 1 is 1.12 bits per heavy atom. The molecule has 1 aliphatic rings. The summed E-state index contributed by atoms with van der Waals surface area (Å²) in [5.74, 6) is -0.280. The smallest absolute Gasteiger partial charge is 0.256 e. The first kappa shape index (κ1) is 16.5. The number of piperazine rings is 1. The van der Waals surface area contributed by atoms with E-state index in [2.05, 4.69) is 0 Å². The summed E-state index contributed by atoms with van der Waals surface area (Å²) in [6.07, 6.45) is 0. The summed E-state index contributed by atoms with van der Waals surface area (Å²) in [5, 5.41) is 0.406. The van der Waals surface area contributed by atoms with E-state index in [0.717, 1.165) is 11.3 Å². The first-order chi connectivity index (χ1) is 11.5. The van der Waals surface area contributed by atoms with Crippen molar-refractivity contribution < 1.29 is 9.59 Å². The van der Waals surface area contributed by atoms with Gasteiger partial charge in [0.15, 0.2) is 0 Å². The third kappa shape index (κ3) is 3.02. The van der Waals surface area contributed by atoms with Crippen molar-refractivity contribution in [3.63, 3.8) is 0 Å². The zero-order chi connectivity index (χ0) is 17.3. The number of carbonyl (C=O) groups is 2. The molecule has 1 saturated heterocycles. The zero-order valence-corrected chi connectivity index (χ0v) is 14.5. The molecule has 2 amide bonds. The van der Waals surface area contributed by atoms with Crippen molar-refractivity contribution in [2.45, 2.75) is 19.9 Å². The fourth-order valence-electron chi connectivity index (χ4n) is 2.99. The maximum atomic E-state index is 12.8. The van der Waals surface area contributed by atoms with Crippen LogP contribution in [0.15, 0.2) is 48.5 Å². The molecule has 0 aromatic heterocycles. The Morgan fingerprint density at radius 2 is 1.88 bits per heavy atom. The third-order valence-corrected chi connectivity index (χ3v) is 4.66. The van der Waals surface area contributed by atoms with E-state index in [1.54, 1.807) is 41.0 Å². The quantitative estimate of drug-likeness (QED) is 0.837. The van der Waals surface area contributed by atoms with Crippen molar-refractivity contribution in [3.05, 3.63) is 64.7 Å². The molecule has 1 atom stereocenters. The molecule has 0 aliphatic carbocycles. The first-order valence-electron chi connectivity index (χ1n) is 7.92. The summed E-state index contributed by atoms with van der Waals surface area (Å²) >= 11 is 6.12. The number of halogens is 1. The van der Waals surface area contributed by atoms with Gasteiger partial charge in [0, 0.05) is 18.8 Å². The number of nitrogens with zero attached hydrogens (tertiary/aromatic N) is 2. The minimum Gasteiger partial charge on any atom is -0.325 e. The second-order valence-corrected chi connectivity index (χ2v) is 6.39. The van der Waals surface area contributed by atoms with Gasteiger partial charge in [0.25, 0.3) is 5.91 Å². The monoisotopic (exact) mass is 342 g/mol. The zero-order valence-electron chi connectivity index (χ0n) is 13.7. The van der Waals surface area contributed by atoms with Gasteiger partial charge in [-0.1, -0.05) is 35.9 Å². The number of anilines is 1. The Hall–Kier alpha value is -2.33. The topological polar surface area (TPSA) is 40.6 Å². The van der Waals surface area contributed by atoms with Crippen molar-refractivity contribution >= 4 is 29.1 Å². The van der Waals surface area contributed by atoms with Gasteiger partial charge in [0.05, 0.1) is 10.6 Å². The Balaban J connectivity index is 1.83. The van der Waals surface area contributed by atoms with Gasteiger partial charge >= 0.3 is 0 Å². The fraction of sp³-hybridized carbons (Fsp3) is 0.263. The van der Waals surface area contributed by atoms with E-state index in [-0.39, 0.29) is 11.8 Å². The minimum absolute atomic E-state index is 0.0766. The Labute approximate surface area is 146 Å². The molecule has 0 bridgehead atoms. The lowest BCUT2D eigenvalue weighted by Crippen LogP contribution is -2.57. The van der Waals surface area contributed by atoms with E-state index in [1.807, 2.05) is 31.2 Å². The third-order valence-electron chi connectivity index (χ3n) is 4.33. The summed E-state index contributed by atoms with van der Waals surface area (Å²) < 4.78 is 0. The number of aryl methyl sites for hydroxylation is 1. The molecular weight excluding hydrogens is 324 g/mol. The number of rotatable bonds is 2. The summed E-state index contributed by atoms with van der Waals surface area (Å²) in [6.45, 7) is 4.71. The van der Waals surface area contributed by atoms with Gasteiger partial charge in [-0.15, -0.1) is 0 Å². The van der Waals surface area contributed by atoms with E-state index in [4.69, 9.17) is 11.6 Å². The van der Waals surface area contributed by atoms with Crippen LogP contribution in [0.25, 0.3) is 0 Å². The molecule has 0 saturated carbocycles. The highest BCUT2D eigenvalue weighted by Gasteiger charge is 2.35. The highest BCUT2D eigenvalue weighted by molar-refractivity contribution is 6.33. The van der Waals surface area contributed by atoms with Crippen LogP contribution in [0.5, 0.6) is 0 Å². The van der Waals surface area contributed by atoms with Crippen LogP contribution in [-0.2, 0) is 4.79 Å². The SMILES string of the molecule is Cc1cccc(N2CCN(C(=O)c3ccccc3Cl)[C@H](C)C2=O)c1. The Bertz CT molecular complexity index is 790. The van der Waals surface area contributed by atoms with Gasteiger partial charge in [-0.2, -0.15) is 0 Å². The van der Waals surface area contributed by atoms with Crippen molar-refractivity contribution in [1.29, 1.82) is 0 Å². The van der Waals surface area contributed by atoms with Crippen LogP contribution in [0, 0.1) is 6.92 Å². The summed E-state index contributed by atoms with van der Waals surface area (Å²) in [7, 11) is 0. The van der Waals surface area contributed by atoms with Crippen molar-refractivity contribution in [3.8, 4) is 0 Å². The summed E-state index contributed by atoms with van der Waals surface area (Å²) in [5.41, 5.74) is 2.40. The second-order valence-electron chi connectivity index (χ2n) is 5.98. The minimum atomic E-state index is -0.525. The molecular formula is C19H19ClN2O2. The van der Waals surface area contributed by atoms with Gasteiger partial charge in [0.2, 0.25) is 5.91 Å². The van der Waals surface area contributed by atoms with Crippen LogP contribution in [0.3, 0.4) is 0 Å². The highest BCUT2D eigenvalue weighted by atomic mass is 35.5. The maximum absolute atomic E-state index is 12.8. The van der Waals surface area contributed by atoms with Crippen molar-refractivity contribution in [1.82, 2.24) is 4.90 Å². The maximum Gasteiger partial charge on any atom is 0.256 e. The lowest BCUT2D eigenvalue weighted by Gasteiger charge is -2.39. The normalized spacial score (nSPS) is 18.0. The van der Waals surface area contributed by atoms with Gasteiger partial charge < -0.3 is 9.80 Å². The summed E-state index contributed by atoms with van der Waals surface area (Å²) in [6, 6.07) is 14.2. The molecule has 1 fully saturated rings. The average molecular weight is 343 g/mol. The van der Waals surface area contributed by atoms with Crippen LogP contribution < -0.4 is 4.90 Å². The van der Waals surface area contributed by atoms with E-state index < -0.39 is 6.04 Å². The largest absolute Gasteiger partial charge is 0.325 e. The van der Waals surface area contributed by atoms with Gasteiger partial charge in [-0.05, 0) is 43.7 Å². The van der Waals surface area contributed by atoms with E-state index >= 15 is 0 Å². The van der Waals surface area contributed by atoms with E-state index in [0.29, 0.717) is 23.7 Å². The van der Waals surface area contributed by atoms with E-state index in [9.17, 15) is 9.59 Å². The predicted octanol–water partition coefficient (Wildman–Crippen LogP) is 3.53. The lowest BCUT2D eigenvalue weighted by molar-refractivity contribution is -0.124. The highest BCUT2D eigenvalue weighted by Crippen LogP contribution is 2.24. The number of benzene rings is 2. The molecule has 2 aromatic carbocycles. The molecule has 1 heterocycles. The van der Waals surface area contributed by atoms with Crippen LogP contribution >= 0.6 is 11.6 Å². The number of hydrogen-bond donors (Lipinski definition) is 0. The van der Waals surface area contributed by atoms with Gasteiger partial charge in [-0.3, -0.25) is 9.59 Å². The van der Waals surface area contributed by atoms with Crippen LogP contribution in [0.1, 0.15) is 22.8 Å². The van der Waals surface area contributed by atoms with Crippen LogP contribution in [-0.4, -0.2) is 35.8 Å². The molecule has 0 radical (unpaired) electrons. The molecule has 0 N–H and O–H groups in total. The number of hydrogen-bond acceptors (Lipinski definition) is 2. The first-order valence-corrected chi connectivity index (χ1v) is 8.30. The summed E-state index contributed by atoms with van der Waals surface area (Å²) in [4.78, 5) is 28.8. The fourth-order valence-corrected chi connectivity index (χ4v) is 3.21. The predicted molar refractivity (Wildman–Crippen MR) is 95.5 cm³/mol. The van der Waals surface area contributed by atoms with Crippen LogP contribution in [0.2, 0.25) is 5.02 Å². The van der Waals surface area contributed by atoms with E-state index in [1.165, 1.54) is 0 Å². The number of carbonyl (C=O) groups excluding carboxylic acids is 2. The molecule has 0 unspecified atom stereocenters. The second kappa shape index (κ2) is 6.65.